The fourth-order valence-corrected chi connectivity index (χ4v) is 5.79. The summed E-state index contributed by atoms with van der Waals surface area (Å²) in [7, 11) is 0. The number of hydrogen-bond donors (Lipinski definition) is 1. The molecule has 0 aliphatic carbocycles. The lowest BCUT2D eigenvalue weighted by Gasteiger charge is -2.44. The van der Waals surface area contributed by atoms with Crippen LogP contribution < -0.4 is 10.9 Å². The molecule has 7 heteroatoms. The topological polar surface area (TPSA) is 67.2 Å². The minimum atomic E-state index is -0.0372. The van der Waals surface area contributed by atoms with Crippen molar-refractivity contribution in [1.29, 1.82) is 0 Å². The molecule has 0 unspecified atom stereocenters. The zero-order valence-electron chi connectivity index (χ0n) is 16.9. The Morgan fingerprint density at radius 2 is 2.07 bits per heavy atom. The summed E-state index contributed by atoms with van der Waals surface area (Å²) in [5.74, 6) is 0.591. The lowest BCUT2D eigenvalue weighted by atomic mass is 9.83. The fraction of sp³-hybridized carbons (Fsp3) is 0.667. The molecule has 1 amide bonds. The van der Waals surface area contributed by atoms with Gasteiger partial charge in [0.1, 0.15) is 4.83 Å². The number of nitrogens with zero attached hydrogens (tertiary/aromatic N) is 3. The molecule has 2 atom stereocenters. The van der Waals surface area contributed by atoms with E-state index in [4.69, 9.17) is 0 Å². The van der Waals surface area contributed by atoms with Crippen LogP contribution in [0.4, 0.5) is 0 Å². The molecule has 6 nitrogen and oxygen atoms in total. The normalized spacial score (nSPS) is 22.9. The largest absolute Gasteiger partial charge is 0.356 e. The number of aromatic nitrogens is 2. The van der Waals surface area contributed by atoms with Crippen LogP contribution in [-0.4, -0.2) is 46.0 Å². The Labute approximate surface area is 169 Å². The Balaban J connectivity index is 1.33. The van der Waals surface area contributed by atoms with Crippen LogP contribution in [0.5, 0.6) is 0 Å². The molecule has 2 saturated heterocycles. The van der Waals surface area contributed by atoms with Crippen molar-refractivity contribution >= 4 is 27.5 Å². The van der Waals surface area contributed by atoms with Crippen LogP contribution in [0, 0.1) is 19.8 Å². The summed E-state index contributed by atoms with van der Waals surface area (Å²) >= 11 is 1.55. The molecular formula is C21H30N4O2S. The van der Waals surface area contributed by atoms with Gasteiger partial charge in [0, 0.05) is 30.4 Å². The van der Waals surface area contributed by atoms with Crippen LogP contribution in [0.1, 0.15) is 49.0 Å². The van der Waals surface area contributed by atoms with Crippen molar-refractivity contribution in [3.05, 3.63) is 27.1 Å². The van der Waals surface area contributed by atoms with Crippen LogP contribution in [0.15, 0.2) is 11.1 Å². The number of fused-ring (bicyclic) bond motifs is 2. The quantitative estimate of drug-likeness (QED) is 0.835. The molecule has 0 aromatic carbocycles. The van der Waals surface area contributed by atoms with Gasteiger partial charge in [-0.1, -0.05) is 6.42 Å². The lowest BCUT2D eigenvalue weighted by Crippen LogP contribution is -2.51. The van der Waals surface area contributed by atoms with Crippen molar-refractivity contribution in [3.63, 3.8) is 0 Å². The monoisotopic (exact) mass is 402 g/mol. The molecule has 0 bridgehead atoms. The van der Waals surface area contributed by atoms with E-state index in [1.165, 1.54) is 45.2 Å². The molecule has 152 valence electrons. The molecule has 2 aromatic rings. The first-order chi connectivity index (χ1) is 13.5. The molecule has 1 N–H and O–H groups in total. The standard InChI is InChI=1S/C21H30N4O2S/c1-14-15(2)28-20-19(14)21(27)25(13-23-20)11-8-18(26)22-12-16-6-5-10-24-9-4-3-7-17(16)24/h13,16-17H,3-12H2,1-2H3,(H,22,26)/t16-,17-/m0/s1. The third kappa shape index (κ3) is 3.87. The summed E-state index contributed by atoms with van der Waals surface area (Å²) in [4.78, 5) is 34.1. The van der Waals surface area contributed by atoms with E-state index < -0.39 is 0 Å². The minimum absolute atomic E-state index is 0.0261. The predicted molar refractivity (Wildman–Crippen MR) is 113 cm³/mol. The first-order valence-electron chi connectivity index (χ1n) is 10.5. The summed E-state index contributed by atoms with van der Waals surface area (Å²) in [5, 5.41) is 3.83. The van der Waals surface area contributed by atoms with Crippen molar-refractivity contribution in [3.8, 4) is 0 Å². The van der Waals surface area contributed by atoms with Crippen molar-refractivity contribution in [2.24, 2.45) is 5.92 Å². The number of thiophene rings is 1. The molecule has 2 fully saturated rings. The number of aryl methyl sites for hydroxylation is 3. The van der Waals surface area contributed by atoms with E-state index >= 15 is 0 Å². The number of piperidine rings is 2. The number of hydrogen-bond acceptors (Lipinski definition) is 5. The van der Waals surface area contributed by atoms with Crippen molar-refractivity contribution < 1.29 is 4.79 Å². The molecule has 2 aromatic heterocycles. The maximum absolute atomic E-state index is 12.7. The lowest BCUT2D eigenvalue weighted by molar-refractivity contribution is -0.121. The van der Waals surface area contributed by atoms with Crippen LogP contribution in [0.25, 0.3) is 10.2 Å². The average Bonchev–Trinajstić information content (AvgIpc) is 3.00. The number of carbonyl (C=O) groups is 1. The Bertz CT molecular complexity index is 917. The first-order valence-corrected chi connectivity index (χ1v) is 11.3. The van der Waals surface area contributed by atoms with Crippen molar-refractivity contribution in [2.75, 3.05) is 19.6 Å². The van der Waals surface area contributed by atoms with Crippen LogP contribution in [-0.2, 0) is 11.3 Å². The second kappa shape index (κ2) is 8.33. The van der Waals surface area contributed by atoms with Gasteiger partial charge >= 0.3 is 0 Å². The Morgan fingerprint density at radius 3 is 2.93 bits per heavy atom. The highest BCUT2D eigenvalue weighted by Crippen LogP contribution is 2.30. The molecule has 0 saturated carbocycles. The molecular weight excluding hydrogens is 372 g/mol. The van der Waals surface area contributed by atoms with Gasteiger partial charge in [-0.3, -0.25) is 14.2 Å². The van der Waals surface area contributed by atoms with Crippen molar-refractivity contribution in [2.45, 2.75) is 65.0 Å². The zero-order valence-corrected chi connectivity index (χ0v) is 17.7. The van der Waals surface area contributed by atoms with Gasteiger partial charge in [0.25, 0.3) is 5.56 Å². The third-order valence-corrected chi connectivity index (χ3v) is 7.64. The summed E-state index contributed by atoms with van der Waals surface area (Å²) < 4.78 is 1.57. The van der Waals surface area contributed by atoms with Gasteiger partial charge in [-0.05, 0) is 64.1 Å². The van der Waals surface area contributed by atoms with E-state index in [0.717, 1.165) is 21.8 Å². The van der Waals surface area contributed by atoms with E-state index in [0.29, 0.717) is 30.3 Å². The van der Waals surface area contributed by atoms with Crippen LogP contribution in [0.3, 0.4) is 0 Å². The molecule has 0 spiro atoms. The SMILES string of the molecule is Cc1sc2ncn(CCC(=O)NC[C@@H]3CCCN4CCCC[C@@H]34)c(=O)c2c1C. The van der Waals surface area contributed by atoms with E-state index in [1.54, 1.807) is 22.2 Å². The third-order valence-electron chi connectivity index (χ3n) is 6.53. The summed E-state index contributed by atoms with van der Waals surface area (Å²) in [6.45, 7) is 7.55. The summed E-state index contributed by atoms with van der Waals surface area (Å²) in [6, 6.07) is 0.641. The number of carbonyl (C=O) groups excluding carboxylic acids is 1. The van der Waals surface area contributed by atoms with Crippen molar-refractivity contribution in [1.82, 2.24) is 19.8 Å². The molecule has 2 aliphatic rings. The predicted octanol–water partition coefficient (Wildman–Crippen LogP) is 2.85. The highest BCUT2D eigenvalue weighted by atomic mass is 32.1. The van der Waals surface area contributed by atoms with Gasteiger partial charge in [0.2, 0.25) is 5.91 Å². The Hall–Kier alpha value is -1.73. The maximum atomic E-state index is 12.7. The molecule has 4 rings (SSSR count). The van der Waals surface area contributed by atoms with Gasteiger partial charge in [0.05, 0.1) is 11.7 Å². The van der Waals surface area contributed by atoms with Crippen LogP contribution in [0.2, 0.25) is 0 Å². The Kier molecular flexibility index (Phi) is 5.83. The van der Waals surface area contributed by atoms with Crippen LogP contribution >= 0.6 is 11.3 Å². The smallest absolute Gasteiger partial charge is 0.262 e. The van der Waals surface area contributed by atoms with Gasteiger partial charge in [-0.25, -0.2) is 4.98 Å². The fourth-order valence-electron chi connectivity index (χ4n) is 4.80. The van der Waals surface area contributed by atoms with E-state index in [2.05, 4.69) is 15.2 Å². The highest BCUT2D eigenvalue weighted by Gasteiger charge is 2.32. The second-order valence-corrected chi connectivity index (χ2v) is 9.47. The number of rotatable bonds is 5. The first kappa shape index (κ1) is 19.6. The molecule has 4 heterocycles. The average molecular weight is 403 g/mol. The molecule has 2 aliphatic heterocycles. The summed E-state index contributed by atoms with van der Waals surface area (Å²) in [5.41, 5.74) is 0.968. The minimum Gasteiger partial charge on any atom is -0.356 e. The van der Waals surface area contributed by atoms with Gasteiger partial charge in [-0.2, -0.15) is 0 Å². The van der Waals surface area contributed by atoms with Gasteiger partial charge in [0.15, 0.2) is 0 Å². The molecule has 28 heavy (non-hydrogen) atoms. The number of amides is 1. The van der Waals surface area contributed by atoms with Gasteiger partial charge in [-0.15, -0.1) is 11.3 Å². The van der Waals surface area contributed by atoms with E-state index in [9.17, 15) is 9.59 Å². The zero-order chi connectivity index (χ0) is 19.7. The maximum Gasteiger partial charge on any atom is 0.262 e. The summed E-state index contributed by atoms with van der Waals surface area (Å²) in [6.07, 6.45) is 8.22. The number of nitrogens with one attached hydrogen (secondary N) is 1. The molecule has 0 radical (unpaired) electrons. The highest BCUT2D eigenvalue weighted by molar-refractivity contribution is 7.18. The van der Waals surface area contributed by atoms with E-state index in [1.807, 2.05) is 13.8 Å². The second-order valence-electron chi connectivity index (χ2n) is 8.26. The van der Waals surface area contributed by atoms with E-state index in [-0.39, 0.29) is 11.5 Å². The Morgan fingerprint density at radius 1 is 1.25 bits per heavy atom. The van der Waals surface area contributed by atoms with Gasteiger partial charge < -0.3 is 10.2 Å².